The van der Waals surface area contributed by atoms with Gasteiger partial charge in [0.2, 0.25) is 0 Å². The Morgan fingerprint density at radius 1 is 1.21 bits per heavy atom. The molecule has 3 N–H and O–H groups in total. The highest BCUT2D eigenvalue weighted by Crippen LogP contribution is 2.28. The molecule has 3 heteroatoms. The minimum atomic E-state index is 0.575. The van der Waals surface area contributed by atoms with Crippen LogP contribution in [0.25, 0.3) is 0 Å². The smallest absolute Gasteiger partial charge is 0.193 e. The summed E-state index contributed by atoms with van der Waals surface area (Å²) in [6.45, 7) is 0.883. The molecule has 0 radical (unpaired) electrons. The average Bonchev–Trinajstić information content (AvgIpc) is 2.37. The molecule has 0 aliphatic heterocycles. The molecule has 1 aromatic carbocycles. The third-order valence-corrected chi connectivity index (χ3v) is 4.40. The van der Waals surface area contributed by atoms with E-state index in [9.17, 15) is 0 Å². The molecule has 0 bridgehead atoms. The molecule has 2 aliphatic rings. The molecule has 0 saturated heterocycles. The maximum atomic E-state index is 6.00. The fraction of sp³-hybridized carbons (Fsp3) is 0.562. The number of rotatable bonds is 3. The third kappa shape index (κ3) is 2.91. The van der Waals surface area contributed by atoms with E-state index in [1.165, 1.54) is 49.7 Å². The normalized spacial score (nSPS) is 19.7. The largest absolute Gasteiger partial charge is 0.370 e. The lowest BCUT2D eigenvalue weighted by molar-refractivity contribution is 0.326. The van der Waals surface area contributed by atoms with Crippen molar-refractivity contribution in [1.82, 2.24) is 0 Å². The van der Waals surface area contributed by atoms with Crippen molar-refractivity contribution in [2.24, 2.45) is 16.6 Å². The molecule has 2 aliphatic carbocycles. The van der Waals surface area contributed by atoms with Crippen molar-refractivity contribution in [2.75, 3.05) is 11.9 Å². The van der Waals surface area contributed by atoms with Crippen LogP contribution in [0.15, 0.2) is 23.2 Å². The second kappa shape index (κ2) is 5.64. The molecule has 0 unspecified atom stereocenters. The number of guanidine groups is 1. The number of fused-ring (bicyclic) bond motifs is 1. The van der Waals surface area contributed by atoms with Gasteiger partial charge >= 0.3 is 0 Å². The van der Waals surface area contributed by atoms with E-state index in [4.69, 9.17) is 5.73 Å². The van der Waals surface area contributed by atoms with Gasteiger partial charge in [-0.25, -0.2) is 0 Å². The molecule has 3 rings (SSSR count). The van der Waals surface area contributed by atoms with E-state index in [-0.39, 0.29) is 0 Å². The van der Waals surface area contributed by atoms with Gasteiger partial charge in [-0.05, 0) is 61.6 Å². The number of nitrogens with zero attached hydrogens (tertiary/aromatic N) is 1. The standard InChI is InChI=1S/C16H23N3/c17-16(18-11-12-5-3-6-12)19-15-10-4-8-13-7-1-2-9-14(13)15/h4,8,10,12H,1-3,5-7,9,11H2,(H3,17,18,19). The zero-order valence-electron chi connectivity index (χ0n) is 11.5. The Bertz CT molecular complexity index is 475. The highest BCUT2D eigenvalue weighted by Gasteiger charge is 2.17. The molecular formula is C16H23N3. The van der Waals surface area contributed by atoms with E-state index < -0.39 is 0 Å². The average molecular weight is 257 g/mol. The van der Waals surface area contributed by atoms with Crippen LogP contribution in [0.3, 0.4) is 0 Å². The molecule has 1 fully saturated rings. The predicted molar refractivity (Wildman–Crippen MR) is 80.5 cm³/mol. The van der Waals surface area contributed by atoms with Crippen LogP contribution in [0.4, 0.5) is 5.69 Å². The molecule has 0 atom stereocenters. The van der Waals surface area contributed by atoms with E-state index in [0.29, 0.717) is 5.96 Å². The zero-order valence-corrected chi connectivity index (χ0v) is 11.5. The monoisotopic (exact) mass is 257 g/mol. The van der Waals surface area contributed by atoms with E-state index in [0.717, 1.165) is 24.6 Å². The maximum Gasteiger partial charge on any atom is 0.193 e. The summed E-state index contributed by atoms with van der Waals surface area (Å²) < 4.78 is 0. The molecular weight excluding hydrogens is 234 g/mol. The van der Waals surface area contributed by atoms with Crippen LogP contribution in [-0.4, -0.2) is 12.5 Å². The summed E-state index contributed by atoms with van der Waals surface area (Å²) in [7, 11) is 0. The Balaban J connectivity index is 1.68. The van der Waals surface area contributed by atoms with Crippen LogP contribution in [0.2, 0.25) is 0 Å². The molecule has 19 heavy (non-hydrogen) atoms. The second-order valence-corrected chi connectivity index (χ2v) is 5.80. The van der Waals surface area contributed by atoms with E-state index in [1.807, 2.05) is 0 Å². The number of nitrogens with one attached hydrogen (secondary N) is 1. The molecule has 1 aromatic rings. The highest BCUT2D eigenvalue weighted by atomic mass is 15.1. The van der Waals surface area contributed by atoms with Crippen LogP contribution in [0.5, 0.6) is 0 Å². The number of aryl methyl sites for hydroxylation is 1. The number of benzene rings is 1. The Labute approximate surface area is 115 Å². The number of hydrogen-bond acceptors (Lipinski definition) is 1. The molecule has 0 heterocycles. The van der Waals surface area contributed by atoms with E-state index in [1.54, 1.807) is 0 Å². The second-order valence-electron chi connectivity index (χ2n) is 5.80. The van der Waals surface area contributed by atoms with E-state index in [2.05, 4.69) is 28.5 Å². The molecule has 3 nitrogen and oxygen atoms in total. The number of nitrogens with two attached hydrogens (primary N) is 1. The van der Waals surface area contributed by atoms with Crippen LogP contribution >= 0.6 is 0 Å². The molecule has 0 spiro atoms. The van der Waals surface area contributed by atoms with Crippen molar-refractivity contribution in [3.8, 4) is 0 Å². The lowest BCUT2D eigenvalue weighted by atomic mass is 9.86. The van der Waals surface area contributed by atoms with Gasteiger partial charge < -0.3 is 11.1 Å². The van der Waals surface area contributed by atoms with Gasteiger partial charge in [-0.15, -0.1) is 0 Å². The topological polar surface area (TPSA) is 50.4 Å². The molecule has 0 aromatic heterocycles. The molecule has 102 valence electrons. The summed E-state index contributed by atoms with van der Waals surface area (Å²) in [4.78, 5) is 4.47. The van der Waals surface area contributed by atoms with Gasteiger partial charge in [-0.1, -0.05) is 18.6 Å². The molecule has 1 saturated carbocycles. The fourth-order valence-electron chi connectivity index (χ4n) is 2.98. The summed E-state index contributed by atoms with van der Waals surface area (Å²) in [6, 6.07) is 6.48. The van der Waals surface area contributed by atoms with Crippen LogP contribution in [0.1, 0.15) is 43.2 Å². The first kappa shape index (κ1) is 12.5. The van der Waals surface area contributed by atoms with Crippen molar-refractivity contribution in [3.63, 3.8) is 0 Å². The SMILES string of the molecule is NC(=NCC1CCC1)Nc1cccc2c1CCCC2. The number of anilines is 1. The number of aliphatic imine (C=N–C) groups is 1. The van der Waals surface area contributed by atoms with Gasteiger partial charge in [-0.2, -0.15) is 0 Å². The van der Waals surface area contributed by atoms with E-state index >= 15 is 0 Å². The Hall–Kier alpha value is -1.51. The summed E-state index contributed by atoms with van der Waals surface area (Å²) in [5.74, 6) is 1.34. The number of hydrogen-bond donors (Lipinski definition) is 2. The summed E-state index contributed by atoms with van der Waals surface area (Å²) >= 11 is 0. The molecule has 0 amide bonds. The van der Waals surface area contributed by atoms with Gasteiger partial charge in [0.1, 0.15) is 0 Å². The van der Waals surface area contributed by atoms with Crippen LogP contribution in [0, 0.1) is 5.92 Å². The van der Waals surface area contributed by atoms with Gasteiger partial charge in [0.05, 0.1) is 0 Å². The van der Waals surface area contributed by atoms with Crippen LogP contribution < -0.4 is 11.1 Å². The van der Waals surface area contributed by atoms with Gasteiger partial charge in [-0.3, -0.25) is 4.99 Å². The first-order chi connectivity index (χ1) is 9.33. The van der Waals surface area contributed by atoms with Crippen molar-refractivity contribution in [3.05, 3.63) is 29.3 Å². The van der Waals surface area contributed by atoms with Crippen LogP contribution in [-0.2, 0) is 12.8 Å². The van der Waals surface area contributed by atoms with Gasteiger partial charge in [0, 0.05) is 12.2 Å². The summed E-state index contributed by atoms with van der Waals surface area (Å²) in [5.41, 5.74) is 10.1. The highest BCUT2D eigenvalue weighted by molar-refractivity contribution is 5.93. The summed E-state index contributed by atoms with van der Waals surface area (Å²) in [6.07, 6.45) is 8.94. The lowest BCUT2D eigenvalue weighted by Crippen LogP contribution is -2.26. The predicted octanol–water partition coefficient (Wildman–Crippen LogP) is 3.09. The van der Waals surface area contributed by atoms with Crippen molar-refractivity contribution in [2.45, 2.75) is 44.9 Å². The van der Waals surface area contributed by atoms with Gasteiger partial charge in [0.25, 0.3) is 0 Å². The van der Waals surface area contributed by atoms with Crippen molar-refractivity contribution in [1.29, 1.82) is 0 Å². The Morgan fingerprint density at radius 3 is 2.84 bits per heavy atom. The van der Waals surface area contributed by atoms with Crippen molar-refractivity contribution < 1.29 is 0 Å². The quantitative estimate of drug-likeness (QED) is 0.646. The Kier molecular flexibility index (Phi) is 3.72. The van der Waals surface area contributed by atoms with Gasteiger partial charge in [0.15, 0.2) is 5.96 Å². The first-order valence-electron chi connectivity index (χ1n) is 7.50. The fourth-order valence-corrected chi connectivity index (χ4v) is 2.98. The third-order valence-electron chi connectivity index (χ3n) is 4.40. The minimum Gasteiger partial charge on any atom is -0.370 e. The lowest BCUT2D eigenvalue weighted by Gasteiger charge is -2.23. The first-order valence-corrected chi connectivity index (χ1v) is 7.50. The zero-order chi connectivity index (χ0) is 13.1. The van der Waals surface area contributed by atoms with Crippen molar-refractivity contribution >= 4 is 11.6 Å². The Morgan fingerprint density at radius 2 is 2.05 bits per heavy atom. The minimum absolute atomic E-state index is 0.575. The summed E-state index contributed by atoms with van der Waals surface area (Å²) in [5, 5.41) is 3.30. The maximum absolute atomic E-state index is 6.00.